The Labute approximate surface area is 175 Å². The zero-order chi connectivity index (χ0) is 19.7. The van der Waals surface area contributed by atoms with E-state index >= 15 is 0 Å². The summed E-state index contributed by atoms with van der Waals surface area (Å²) >= 11 is 0. The van der Waals surface area contributed by atoms with Gasteiger partial charge in [0.15, 0.2) is 0 Å². The fourth-order valence-electron chi connectivity index (χ4n) is 3.48. The van der Waals surface area contributed by atoms with Crippen molar-refractivity contribution >= 4 is 45.7 Å². The third-order valence-electron chi connectivity index (χ3n) is 5.13. The van der Waals surface area contributed by atoms with E-state index in [2.05, 4.69) is 39.4 Å². The van der Waals surface area contributed by atoms with Gasteiger partial charge in [-0.2, -0.15) is 0 Å². The van der Waals surface area contributed by atoms with Gasteiger partial charge < -0.3 is 10.4 Å². The van der Waals surface area contributed by atoms with Crippen molar-refractivity contribution in [3.05, 3.63) is 48.2 Å². The first-order chi connectivity index (χ1) is 13.6. The van der Waals surface area contributed by atoms with Gasteiger partial charge >= 0.3 is 0 Å². The number of nitrogens with zero attached hydrogens (tertiary/aromatic N) is 5. The van der Waals surface area contributed by atoms with Gasteiger partial charge in [0, 0.05) is 31.0 Å². The van der Waals surface area contributed by atoms with Crippen molar-refractivity contribution < 1.29 is 5.11 Å². The van der Waals surface area contributed by atoms with Crippen LogP contribution in [0.1, 0.15) is 19.4 Å². The van der Waals surface area contributed by atoms with Gasteiger partial charge in [-0.25, -0.2) is 4.68 Å². The minimum Gasteiger partial charge on any atom is -0.508 e. The Bertz CT molecular complexity index is 1140. The van der Waals surface area contributed by atoms with Crippen molar-refractivity contribution in [2.24, 2.45) is 7.05 Å². The zero-order valence-corrected chi connectivity index (χ0v) is 17.6. The van der Waals surface area contributed by atoms with Crippen LogP contribution in [0.4, 0.5) is 11.4 Å². The highest BCUT2D eigenvalue weighted by molar-refractivity contribution is 6.09. The Morgan fingerprint density at radius 1 is 1.10 bits per heavy atom. The summed E-state index contributed by atoms with van der Waals surface area (Å²) in [5.41, 5.74) is 5.36. The lowest BCUT2D eigenvalue weighted by atomic mass is 10.1. The largest absolute Gasteiger partial charge is 0.508 e. The number of aromatic hydroxyl groups is 1. The summed E-state index contributed by atoms with van der Waals surface area (Å²) in [5.74, 6) is 0.313. The topological polar surface area (TPSA) is 79.1 Å². The molecular weight excluding hydrogens is 388 g/mol. The standard InChI is InChI=1S/C21H24N6O.ClH/c1-4-27(5-2)13-14-12-15(6-9-19(14)28)23-17-10-11-22-16-7-8-18-21(20(16)17)24-25-26(18)3;/h6-12,28H,4-5,13H2,1-3H3,(H,22,23);1H. The minimum atomic E-state index is 0. The van der Waals surface area contributed by atoms with E-state index in [1.165, 1.54) is 0 Å². The molecule has 29 heavy (non-hydrogen) atoms. The van der Waals surface area contributed by atoms with Crippen LogP contribution in [0.2, 0.25) is 0 Å². The summed E-state index contributed by atoms with van der Waals surface area (Å²) < 4.78 is 1.76. The summed E-state index contributed by atoms with van der Waals surface area (Å²) in [7, 11) is 1.88. The number of hydrogen-bond donors (Lipinski definition) is 2. The van der Waals surface area contributed by atoms with Crippen LogP contribution in [0, 0.1) is 0 Å². The van der Waals surface area contributed by atoms with Gasteiger partial charge in [-0.05, 0) is 49.5 Å². The fourth-order valence-corrected chi connectivity index (χ4v) is 3.48. The molecule has 0 radical (unpaired) electrons. The Hall–Kier alpha value is -2.90. The van der Waals surface area contributed by atoms with Gasteiger partial charge in [-0.1, -0.05) is 19.1 Å². The average molecular weight is 413 g/mol. The highest BCUT2D eigenvalue weighted by Crippen LogP contribution is 2.32. The number of aromatic nitrogens is 4. The number of anilines is 2. The molecule has 4 rings (SSSR count). The molecule has 0 atom stereocenters. The fraction of sp³-hybridized carbons (Fsp3) is 0.286. The summed E-state index contributed by atoms with van der Waals surface area (Å²) in [4.78, 5) is 6.74. The molecule has 2 aromatic carbocycles. The molecule has 0 spiro atoms. The SMILES string of the molecule is CCN(CC)Cc1cc(Nc2ccnc3ccc4c(nnn4C)c23)ccc1O.Cl. The van der Waals surface area contributed by atoms with Crippen LogP contribution in [0.3, 0.4) is 0 Å². The van der Waals surface area contributed by atoms with E-state index in [4.69, 9.17) is 0 Å². The second-order valence-corrected chi connectivity index (χ2v) is 6.83. The van der Waals surface area contributed by atoms with E-state index < -0.39 is 0 Å². The number of rotatable bonds is 6. The maximum atomic E-state index is 10.3. The van der Waals surface area contributed by atoms with Crippen LogP contribution in [-0.2, 0) is 13.6 Å². The molecule has 0 aliphatic rings. The van der Waals surface area contributed by atoms with E-state index in [1.54, 1.807) is 16.9 Å². The van der Waals surface area contributed by atoms with E-state index in [1.807, 2.05) is 37.4 Å². The number of hydrogen-bond acceptors (Lipinski definition) is 6. The number of phenolic OH excluding ortho intramolecular Hbond substituents is 1. The van der Waals surface area contributed by atoms with Crippen LogP contribution < -0.4 is 5.32 Å². The molecule has 0 saturated carbocycles. The Balaban J connectivity index is 0.00000240. The van der Waals surface area contributed by atoms with Gasteiger partial charge in [-0.3, -0.25) is 9.88 Å². The third kappa shape index (κ3) is 3.97. The number of nitrogens with one attached hydrogen (secondary N) is 1. The van der Waals surface area contributed by atoms with Crippen molar-refractivity contribution in [2.45, 2.75) is 20.4 Å². The lowest BCUT2D eigenvalue weighted by molar-refractivity contribution is 0.291. The van der Waals surface area contributed by atoms with Crippen LogP contribution in [0.15, 0.2) is 42.6 Å². The minimum absolute atomic E-state index is 0. The molecular formula is C21H25ClN6O. The number of pyridine rings is 1. The first kappa shape index (κ1) is 20.8. The molecule has 0 aliphatic carbocycles. The van der Waals surface area contributed by atoms with E-state index in [-0.39, 0.29) is 12.4 Å². The summed E-state index contributed by atoms with van der Waals surface area (Å²) in [6.45, 7) is 6.83. The summed E-state index contributed by atoms with van der Waals surface area (Å²) in [6.07, 6.45) is 1.78. The Morgan fingerprint density at radius 3 is 2.66 bits per heavy atom. The lowest BCUT2D eigenvalue weighted by Crippen LogP contribution is -2.22. The molecule has 0 fully saturated rings. The molecule has 2 N–H and O–H groups in total. The summed E-state index contributed by atoms with van der Waals surface area (Å²) in [6, 6.07) is 11.5. The molecule has 0 bridgehead atoms. The third-order valence-corrected chi connectivity index (χ3v) is 5.13. The number of halogens is 1. The van der Waals surface area contributed by atoms with Crippen molar-refractivity contribution in [3.8, 4) is 5.75 Å². The van der Waals surface area contributed by atoms with Gasteiger partial charge in [0.1, 0.15) is 11.3 Å². The van der Waals surface area contributed by atoms with Crippen molar-refractivity contribution in [3.63, 3.8) is 0 Å². The Kier molecular flexibility index (Phi) is 6.20. The molecule has 152 valence electrons. The molecule has 2 heterocycles. The first-order valence-electron chi connectivity index (χ1n) is 9.49. The monoisotopic (exact) mass is 412 g/mol. The number of aryl methyl sites for hydroxylation is 1. The second-order valence-electron chi connectivity index (χ2n) is 6.83. The molecule has 8 heteroatoms. The van der Waals surface area contributed by atoms with Crippen LogP contribution >= 0.6 is 12.4 Å². The Morgan fingerprint density at radius 2 is 1.90 bits per heavy atom. The van der Waals surface area contributed by atoms with Crippen LogP contribution in [0.25, 0.3) is 21.9 Å². The quantitative estimate of drug-likeness (QED) is 0.461. The maximum absolute atomic E-state index is 10.3. The van der Waals surface area contributed by atoms with Gasteiger partial charge in [0.25, 0.3) is 0 Å². The van der Waals surface area contributed by atoms with Crippen molar-refractivity contribution in [1.29, 1.82) is 0 Å². The normalized spacial score (nSPS) is 11.2. The molecule has 0 saturated heterocycles. The zero-order valence-electron chi connectivity index (χ0n) is 16.8. The smallest absolute Gasteiger partial charge is 0.124 e. The van der Waals surface area contributed by atoms with Gasteiger partial charge in [0.05, 0.1) is 22.1 Å². The summed E-state index contributed by atoms with van der Waals surface area (Å²) in [5, 5.41) is 23.2. The molecule has 4 aromatic rings. The molecule has 2 aromatic heterocycles. The van der Waals surface area contributed by atoms with E-state index in [9.17, 15) is 5.11 Å². The predicted octanol–water partition coefficient (Wildman–Crippen LogP) is 4.23. The van der Waals surface area contributed by atoms with Crippen molar-refractivity contribution in [1.82, 2.24) is 24.9 Å². The highest BCUT2D eigenvalue weighted by atomic mass is 35.5. The second kappa shape index (κ2) is 8.63. The highest BCUT2D eigenvalue weighted by Gasteiger charge is 2.13. The van der Waals surface area contributed by atoms with Crippen LogP contribution in [-0.4, -0.2) is 43.1 Å². The lowest BCUT2D eigenvalue weighted by Gasteiger charge is -2.19. The predicted molar refractivity (Wildman–Crippen MR) is 119 cm³/mol. The van der Waals surface area contributed by atoms with Gasteiger partial charge in [0.2, 0.25) is 0 Å². The van der Waals surface area contributed by atoms with E-state index in [0.717, 1.165) is 52.0 Å². The maximum Gasteiger partial charge on any atom is 0.124 e. The molecule has 0 amide bonds. The first-order valence-corrected chi connectivity index (χ1v) is 9.49. The number of phenols is 1. The number of benzene rings is 2. The van der Waals surface area contributed by atoms with Crippen molar-refractivity contribution in [2.75, 3.05) is 18.4 Å². The molecule has 7 nitrogen and oxygen atoms in total. The average Bonchev–Trinajstić information content (AvgIpc) is 3.09. The van der Waals surface area contributed by atoms with Crippen LogP contribution in [0.5, 0.6) is 5.75 Å². The van der Waals surface area contributed by atoms with Gasteiger partial charge in [-0.15, -0.1) is 17.5 Å². The van der Waals surface area contributed by atoms with E-state index in [0.29, 0.717) is 12.3 Å². The molecule has 0 aliphatic heterocycles. The molecule has 0 unspecified atom stereocenters. The number of fused-ring (bicyclic) bond motifs is 3.